The van der Waals surface area contributed by atoms with E-state index in [0.717, 1.165) is 6.42 Å². The van der Waals surface area contributed by atoms with Gasteiger partial charge in [0.25, 0.3) is 0 Å². The van der Waals surface area contributed by atoms with Gasteiger partial charge in [0.05, 0.1) is 18.3 Å². The molecule has 82 valence electrons. The van der Waals surface area contributed by atoms with E-state index in [9.17, 15) is 4.79 Å². The summed E-state index contributed by atoms with van der Waals surface area (Å²) in [5.41, 5.74) is -0.190. The molecule has 1 N–H and O–H groups in total. The fourth-order valence-electron chi connectivity index (χ4n) is 1.35. The third-order valence-corrected chi connectivity index (χ3v) is 2.09. The van der Waals surface area contributed by atoms with E-state index < -0.39 is 12.1 Å². The molecule has 0 spiro atoms. The van der Waals surface area contributed by atoms with Crippen LogP contribution in [0.25, 0.3) is 0 Å². The molecular weight excluding hydrogens is 184 g/mol. The van der Waals surface area contributed by atoms with Gasteiger partial charge in [0, 0.05) is 0 Å². The van der Waals surface area contributed by atoms with Crippen LogP contribution in [0.5, 0.6) is 0 Å². The Balaban J connectivity index is 2.26. The van der Waals surface area contributed by atoms with Crippen LogP contribution in [0.15, 0.2) is 0 Å². The summed E-state index contributed by atoms with van der Waals surface area (Å²) in [5, 5.41) is 8.69. The number of hydrogen-bond donors (Lipinski definition) is 1. The highest BCUT2D eigenvalue weighted by Crippen LogP contribution is 2.21. The van der Waals surface area contributed by atoms with Gasteiger partial charge in [-0.25, -0.2) is 4.79 Å². The van der Waals surface area contributed by atoms with Crippen molar-refractivity contribution in [2.45, 2.75) is 51.4 Å². The Morgan fingerprint density at radius 2 is 2.14 bits per heavy atom. The average molecular weight is 202 g/mol. The summed E-state index contributed by atoms with van der Waals surface area (Å²) in [6.07, 6.45) is 0.666. The summed E-state index contributed by atoms with van der Waals surface area (Å²) < 4.78 is 10.8. The largest absolute Gasteiger partial charge is 0.479 e. The maximum atomic E-state index is 10.6. The lowest BCUT2D eigenvalue weighted by molar-refractivity contribution is -0.151. The molecule has 1 rings (SSSR count). The van der Waals surface area contributed by atoms with Crippen LogP contribution in [0.3, 0.4) is 0 Å². The predicted molar refractivity (Wildman–Crippen MR) is 51.2 cm³/mol. The molecule has 1 aliphatic heterocycles. The average Bonchev–Trinajstić information content (AvgIpc) is 2.47. The standard InChI is InChI=1S/C10H18O4/c1-10(2,3)13-6-7-4-5-8(14-7)9(11)12/h7-8H,4-6H2,1-3H3,(H,11,12). The number of carboxylic acids is 1. The number of ether oxygens (including phenoxy) is 2. The minimum atomic E-state index is -0.872. The van der Waals surface area contributed by atoms with E-state index in [0.29, 0.717) is 13.0 Å². The fourth-order valence-corrected chi connectivity index (χ4v) is 1.35. The monoisotopic (exact) mass is 202 g/mol. The molecule has 1 aliphatic rings. The van der Waals surface area contributed by atoms with Crippen molar-refractivity contribution in [3.8, 4) is 0 Å². The van der Waals surface area contributed by atoms with E-state index in [-0.39, 0.29) is 11.7 Å². The van der Waals surface area contributed by atoms with Gasteiger partial charge in [0.15, 0.2) is 6.10 Å². The van der Waals surface area contributed by atoms with E-state index >= 15 is 0 Å². The first kappa shape index (κ1) is 11.5. The smallest absolute Gasteiger partial charge is 0.332 e. The van der Waals surface area contributed by atoms with Crippen LogP contribution in [0.2, 0.25) is 0 Å². The molecule has 4 heteroatoms. The number of carbonyl (C=O) groups is 1. The summed E-state index contributed by atoms with van der Waals surface area (Å²) in [7, 11) is 0. The van der Waals surface area contributed by atoms with Crippen molar-refractivity contribution >= 4 is 5.97 Å². The van der Waals surface area contributed by atoms with Crippen LogP contribution in [-0.2, 0) is 14.3 Å². The van der Waals surface area contributed by atoms with E-state index in [2.05, 4.69) is 0 Å². The van der Waals surface area contributed by atoms with Gasteiger partial charge in [0.1, 0.15) is 0 Å². The van der Waals surface area contributed by atoms with Crippen LogP contribution < -0.4 is 0 Å². The Morgan fingerprint density at radius 1 is 1.50 bits per heavy atom. The lowest BCUT2D eigenvalue weighted by Gasteiger charge is -2.22. The van der Waals surface area contributed by atoms with Gasteiger partial charge in [-0.3, -0.25) is 0 Å². The fraction of sp³-hybridized carbons (Fsp3) is 0.900. The van der Waals surface area contributed by atoms with E-state index in [4.69, 9.17) is 14.6 Å². The third kappa shape index (κ3) is 3.64. The number of hydrogen-bond acceptors (Lipinski definition) is 3. The zero-order valence-electron chi connectivity index (χ0n) is 8.95. The first-order chi connectivity index (χ1) is 6.38. The molecule has 0 amide bonds. The Morgan fingerprint density at radius 3 is 2.57 bits per heavy atom. The number of aliphatic carboxylic acids is 1. The molecule has 2 atom stereocenters. The molecule has 0 aromatic carbocycles. The lowest BCUT2D eigenvalue weighted by atomic mass is 10.2. The quantitative estimate of drug-likeness (QED) is 0.752. The van der Waals surface area contributed by atoms with E-state index in [1.807, 2.05) is 20.8 Å². The van der Waals surface area contributed by atoms with Crippen molar-refractivity contribution in [1.29, 1.82) is 0 Å². The second-order valence-corrected chi connectivity index (χ2v) is 4.59. The summed E-state index contributed by atoms with van der Waals surface area (Å²) in [6.45, 7) is 6.39. The van der Waals surface area contributed by atoms with Gasteiger partial charge in [-0.2, -0.15) is 0 Å². The molecule has 0 aromatic heterocycles. The maximum Gasteiger partial charge on any atom is 0.332 e. The topological polar surface area (TPSA) is 55.8 Å². The van der Waals surface area contributed by atoms with Gasteiger partial charge in [-0.1, -0.05) is 0 Å². The molecule has 4 nitrogen and oxygen atoms in total. The predicted octanol–water partition coefficient (Wildman–Crippen LogP) is 1.43. The lowest BCUT2D eigenvalue weighted by Crippen LogP contribution is -2.27. The van der Waals surface area contributed by atoms with Crippen molar-refractivity contribution in [2.75, 3.05) is 6.61 Å². The maximum absolute atomic E-state index is 10.6. The van der Waals surface area contributed by atoms with E-state index in [1.54, 1.807) is 0 Å². The first-order valence-corrected chi connectivity index (χ1v) is 4.91. The first-order valence-electron chi connectivity index (χ1n) is 4.91. The number of rotatable bonds is 3. The Hall–Kier alpha value is -0.610. The SMILES string of the molecule is CC(C)(C)OCC1CCC(C(=O)O)O1. The van der Waals surface area contributed by atoms with Gasteiger partial charge < -0.3 is 14.6 Å². The van der Waals surface area contributed by atoms with Crippen LogP contribution >= 0.6 is 0 Å². The molecule has 2 unspecified atom stereocenters. The van der Waals surface area contributed by atoms with Gasteiger partial charge in [-0.05, 0) is 33.6 Å². The highest BCUT2D eigenvalue weighted by Gasteiger charge is 2.31. The molecule has 1 heterocycles. The summed E-state index contributed by atoms with van der Waals surface area (Å²) in [6, 6.07) is 0. The second kappa shape index (κ2) is 4.28. The van der Waals surface area contributed by atoms with Gasteiger partial charge >= 0.3 is 5.97 Å². The van der Waals surface area contributed by atoms with E-state index in [1.165, 1.54) is 0 Å². The molecule has 0 bridgehead atoms. The van der Waals surface area contributed by atoms with Crippen molar-refractivity contribution in [2.24, 2.45) is 0 Å². The third-order valence-electron chi connectivity index (χ3n) is 2.09. The second-order valence-electron chi connectivity index (χ2n) is 4.59. The molecule has 14 heavy (non-hydrogen) atoms. The van der Waals surface area contributed by atoms with Gasteiger partial charge in [-0.15, -0.1) is 0 Å². The zero-order chi connectivity index (χ0) is 10.8. The van der Waals surface area contributed by atoms with Crippen molar-refractivity contribution in [1.82, 2.24) is 0 Å². The van der Waals surface area contributed by atoms with Crippen LogP contribution in [0.1, 0.15) is 33.6 Å². The molecule has 0 saturated carbocycles. The van der Waals surface area contributed by atoms with Crippen LogP contribution in [0, 0.1) is 0 Å². The number of carboxylic acid groups (broad SMARTS) is 1. The Bertz CT molecular complexity index is 207. The highest BCUT2D eigenvalue weighted by atomic mass is 16.6. The van der Waals surface area contributed by atoms with Crippen LogP contribution in [-0.4, -0.2) is 35.5 Å². The van der Waals surface area contributed by atoms with Crippen molar-refractivity contribution < 1.29 is 19.4 Å². The van der Waals surface area contributed by atoms with Crippen LogP contribution in [0.4, 0.5) is 0 Å². The summed E-state index contributed by atoms with van der Waals surface area (Å²) in [4.78, 5) is 10.6. The molecule has 1 fully saturated rings. The highest BCUT2D eigenvalue weighted by molar-refractivity contribution is 5.72. The minimum absolute atomic E-state index is 0.0599. The van der Waals surface area contributed by atoms with Crippen molar-refractivity contribution in [3.63, 3.8) is 0 Å². The molecule has 0 radical (unpaired) electrons. The van der Waals surface area contributed by atoms with Gasteiger partial charge in [0.2, 0.25) is 0 Å². The molecule has 0 aromatic rings. The molecular formula is C10H18O4. The minimum Gasteiger partial charge on any atom is -0.479 e. The molecule has 0 aliphatic carbocycles. The Labute approximate surface area is 84.2 Å². The summed E-state index contributed by atoms with van der Waals surface area (Å²) in [5.74, 6) is -0.872. The zero-order valence-corrected chi connectivity index (χ0v) is 8.95. The Kier molecular flexibility index (Phi) is 3.50. The summed E-state index contributed by atoms with van der Waals surface area (Å²) >= 11 is 0. The normalized spacial score (nSPS) is 27.9. The molecule has 1 saturated heterocycles. The van der Waals surface area contributed by atoms with Crippen molar-refractivity contribution in [3.05, 3.63) is 0 Å².